The van der Waals surface area contributed by atoms with Gasteiger partial charge in [0.2, 0.25) is 0 Å². The number of hydrogen-bond donors (Lipinski definition) is 3. The molecule has 0 spiro atoms. The molecule has 10 heteroatoms. The fraction of sp³-hybridized carbons (Fsp3) is 0.447. The summed E-state index contributed by atoms with van der Waals surface area (Å²) in [7, 11) is -4.82. The summed E-state index contributed by atoms with van der Waals surface area (Å²) in [5.41, 5.74) is 0. The number of phosphoric ester groups is 1. The van der Waals surface area contributed by atoms with Gasteiger partial charge in [0.05, 0.1) is 12.7 Å². The molecule has 9 nitrogen and oxygen atoms in total. The van der Waals surface area contributed by atoms with Crippen LogP contribution in [0.2, 0.25) is 0 Å². The summed E-state index contributed by atoms with van der Waals surface area (Å²) in [6.07, 6.45) is 57.6. The van der Waals surface area contributed by atoms with Crippen molar-refractivity contribution >= 4 is 19.8 Å². The molecule has 57 heavy (non-hydrogen) atoms. The summed E-state index contributed by atoms with van der Waals surface area (Å²) in [6, 6.07) is 0. The van der Waals surface area contributed by atoms with E-state index in [1.54, 1.807) is 6.08 Å². The van der Waals surface area contributed by atoms with Crippen LogP contribution in [0, 0.1) is 0 Å². The fourth-order valence-corrected chi connectivity index (χ4v) is 4.87. The molecule has 2 atom stereocenters. The van der Waals surface area contributed by atoms with Gasteiger partial charge in [-0.3, -0.25) is 14.1 Å². The molecular formula is C47H69O9P. The SMILES string of the molecule is CC/C=C\C/C=C\C/C=C\C/C=C\C/C=C\C/C=C\CCC(=O)OC[C@H](COP(=O)(O)O)OC(=O)CC/C=C\C/C=C\C/C=C\C=C\C(O)C/C=C\C/C=C\CC. The Morgan fingerprint density at radius 3 is 1.39 bits per heavy atom. The number of aliphatic hydroxyl groups is 1. The molecule has 0 saturated carbocycles. The average Bonchev–Trinajstić information content (AvgIpc) is 3.18. The zero-order valence-corrected chi connectivity index (χ0v) is 35.2. The van der Waals surface area contributed by atoms with Crippen LogP contribution in [0.5, 0.6) is 0 Å². The van der Waals surface area contributed by atoms with Gasteiger partial charge in [-0.15, -0.1) is 0 Å². The first-order valence-corrected chi connectivity index (χ1v) is 21.8. The van der Waals surface area contributed by atoms with Crippen LogP contribution in [0.15, 0.2) is 146 Å². The number of aliphatic hydroxyl groups excluding tert-OH is 1. The number of allylic oxidation sites excluding steroid dienone is 22. The van der Waals surface area contributed by atoms with Crippen LogP contribution in [0.3, 0.4) is 0 Å². The molecule has 3 N–H and O–H groups in total. The highest BCUT2D eigenvalue weighted by Gasteiger charge is 2.22. The Morgan fingerprint density at radius 1 is 0.526 bits per heavy atom. The Labute approximate surface area is 343 Å². The third-order valence-electron chi connectivity index (χ3n) is 7.46. The summed E-state index contributed by atoms with van der Waals surface area (Å²) < 4.78 is 26.2. The van der Waals surface area contributed by atoms with Crippen molar-refractivity contribution in [3.8, 4) is 0 Å². The van der Waals surface area contributed by atoms with Gasteiger partial charge in [0.1, 0.15) is 6.61 Å². The Kier molecular flexibility index (Phi) is 37.2. The van der Waals surface area contributed by atoms with E-state index in [1.807, 2.05) is 66.8 Å². The third-order valence-corrected chi connectivity index (χ3v) is 7.95. The summed E-state index contributed by atoms with van der Waals surface area (Å²) in [5, 5.41) is 9.97. The molecule has 0 aliphatic rings. The molecule has 1 unspecified atom stereocenters. The smallest absolute Gasteiger partial charge is 0.462 e. The number of ether oxygens (including phenoxy) is 2. The van der Waals surface area contributed by atoms with Crippen molar-refractivity contribution in [2.45, 2.75) is 122 Å². The Bertz CT molecular complexity index is 1430. The monoisotopic (exact) mass is 808 g/mol. The lowest BCUT2D eigenvalue weighted by Gasteiger charge is -2.18. The molecule has 0 rings (SSSR count). The minimum atomic E-state index is -4.82. The van der Waals surface area contributed by atoms with Crippen LogP contribution < -0.4 is 0 Å². The quantitative estimate of drug-likeness (QED) is 0.0251. The molecule has 0 aliphatic carbocycles. The van der Waals surface area contributed by atoms with Gasteiger partial charge in [0, 0.05) is 12.8 Å². The van der Waals surface area contributed by atoms with E-state index in [0.717, 1.165) is 57.8 Å². The zero-order valence-electron chi connectivity index (χ0n) is 34.3. The van der Waals surface area contributed by atoms with Crippen molar-refractivity contribution in [3.63, 3.8) is 0 Å². The lowest BCUT2D eigenvalue weighted by molar-refractivity contribution is -0.161. The van der Waals surface area contributed by atoms with Crippen molar-refractivity contribution in [2.24, 2.45) is 0 Å². The number of esters is 2. The minimum Gasteiger partial charge on any atom is -0.462 e. The predicted octanol–water partition coefficient (Wildman–Crippen LogP) is 11.5. The summed E-state index contributed by atoms with van der Waals surface area (Å²) in [6.45, 7) is 3.23. The molecule has 0 radical (unpaired) electrons. The summed E-state index contributed by atoms with van der Waals surface area (Å²) >= 11 is 0. The highest BCUT2D eigenvalue weighted by Crippen LogP contribution is 2.35. The highest BCUT2D eigenvalue weighted by molar-refractivity contribution is 7.46. The minimum absolute atomic E-state index is 0.0376. The second-order valence-corrected chi connectivity index (χ2v) is 13.9. The topological polar surface area (TPSA) is 140 Å². The van der Waals surface area contributed by atoms with Crippen molar-refractivity contribution in [2.75, 3.05) is 13.2 Å². The van der Waals surface area contributed by atoms with Gasteiger partial charge in [-0.1, -0.05) is 160 Å². The molecule has 0 aromatic heterocycles. The third kappa shape index (κ3) is 42.9. The molecule has 0 bridgehead atoms. The van der Waals surface area contributed by atoms with E-state index in [0.29, 0.717) is 25.7 Å². The maximum atomic E-state index is 12.4. The summed E-state index contributed by atoms with van der Waals surface area (Å²) in [4.78, 5) is 42.8. The second-order valence-electron chi connectivity index (χ2n) is 12.7. The number of hydrogen-bond acceptors (Lipinski definition) is 7. The molecule has 0 fully saturated rings. The van der Waals surface area contributed by atoms with Gasteiger partial charge >= 0.3 is 19.8 Å². The van der Waals surface area contributed by atoms with Gasteiger partial charge in [0.25, 0.3) is 0 Å². The van der Waals surface area contributed by atoms with E-state index < -0.39 is 38.6 Å². The maximum Gasteiger partial charge on any atom is 0.469 e. The number of phosphoric acid groups is 1. The first kappa shape index (κ1) is 52.9. The van der Waals surface area contributed by atoms with Gasteiger partial charge in [0.15, 0.2) is 6.10 Å². The van der Waals surface area contributed by atoms with E-state index in [4.69, 9.17) is 19.3 Å². The van der Waals surface area contributed by atoms with Gasteiger partial charge in [-0.25, -0.2) is 4.57 Å². The molecule has 0 aromatic carbocycles. The molecule has 0 aromatic rings. The predicted molar refractivity (Wildman–Crippen MR) is 235 cm³/mol. The van der Waals surface area contributed by atoms with E-state index in [1.165, 1.54) is 0 Å². The Balaban J connectivity index is 4.29. The number of rotatable bonds is 34. The van der Waals surface area contributed by atoms with Crippen molar-refractivity contribution in [1.29, 1.82) is 0 Å². The molecule has 0 aliphatic heterocycles. The zero-order chi connectivity index (χ0) is 41.9. The van der Waals surface area contributed by atoms with Crippen LogP contribution in [0.25, 0.3) is 0 Å². The molecular weight excluding hydrogens is 739 g/mol. The van der Waals surface area contributed by atoms with Gasteiger partial charge < -0.3 is 24.4 Å². The Hall–Kier alpha value is -4.11. The van der Waals surface area contributed by atoms with E-state index in [2.05, 4.69) is 91.3 Å². The standard InChI is InChI=1S/C47H69O9P/c1-3-5-7-9-11-12-13-14-15-16-17-18-19-20-21-25-28-32-36-40-46(49)54-42-45(43-55-57(51,52)53)56-47(50)41-37-33-29-26-23-22-24-27-31-35-39-44(48)38-34-30-10-8-6-4-2/h5-8,11-12,14-15,17-18,20-23,27-35,39,44-45,48H,3-4,9-10,13,16,19,24-26,36-38,40-43H2,1-2H3,(H2,51,52,53)/b7-5-,8-6-,12-11-,15-14-,18-17-,21-20-,23-22-,31-27-,32-28-,33-29-,34-30-,39-35+/t44?,45-/m1/s1. The van der Waals surface area contributed by atoms with Crippen LogP contribution in [0.1, 0.15) is 110 Å². The van der Waals surface area contributed by atoms with Crippen molar-refractivity contribution in [1.82, 2.24) is 0 Å². The van der Waals surface area contributed by atoms with Gasteiger partial charge in [-0.2, -0.15) is 0 Å². The van der Waals surface area contributed by atoms with Crippen molar-refractivity contribution in [3.05, 3.63) is 146 Å². The maximum absolute atomic E-state index is 12.4. The highest BCUT2D eigenvalue weighted by atomic mass is 31.2. The average molecular weight is 809 g/mol. The lowest BCUT2D eigenvalue weighted by atomic mass is 10.2. The van der Waals surface area contributed by atoms with E-state index in [9.17, 15) is 19.3 Å². The van der Waals surface area contributed by atoms with Crippen LogP contribution in [0.4, 0.5) is 0 Å². The number of carbonyl (C=O) groups is 2. The van der Waals surface area contributed by atoms with Crippen LogP contribution in [-0.4, -0.2) is 52.3 Å². The number of carbonyl (C=O) groups excluding carboxylic acids is 2. The first-order valence-electron chi connectivity index (χ1n) is 20.2. The fourth-order valence-electron chi connectivity index (χ4n) is 4.51. The largest absolute Gasteiger partial charge is 0.469 e. The van der Waals surface area contributed by atoms with Crippen LogP contribution >= 0.6 is 7.82 Å². The lowest BCUT2D eigenvalue weighted by Crippen LogP contribution is -2.29. The second kappa shape index (κ2) is 40.1. The first-order chi connectivity index (χ1) is 27.7. The summed E-state index contributed by atoms with van der Waals surface area (Å²) in [5.74, 6) is -1.13. The normalized spacial score (nSPS) is 14.5. The van der Waals surface area contributed by atoms with Crippen LogP contribution in [-0.2, 0) is 28.2 Å². The molecule has 0 heterocycles. The van der Waals surface area contributed by atoms with Gasteiger partial charge in [-0.05, 0) is 83.5 Å². The van der Waals surface area contributed by atoms with E-state index >= 15 is 0 Å². The molecule has 0 saturated heterocycles. The van der Waals surface area contributed by atoms with E-state index in [-0.39, 0.29) is 19.4 Å². The molecule has 0 amide bonds. The van der Waals surface area contributed by atoms with Crippen molar-refractivity contribution < 1.29 is 43.0 Å². The molecule has 316 valence electrons. The Morgan fingerprint density at radius 2 is 0.930 bits per heavy atom.